The van der Waals surface area contributed by atoms with E-state index in [9.17, 15) is 19.8 Å². The van der Waals surface area contributed by atoms with Gasteiger partial charge in [0, 0.05) is 30.3 Å². The van der Waals surface area contributed by atoms with Gasteiger partial charge in [-0.25, -0.2) is 0 Å². The number of esters is 1. The Bertz CT molecular complexity index is 1500. The predicted molar refractivity (Wildman–Crippen MR) is 158 cm³/mol. The van der Waals surface area contributed by atoms with Crippen molar-refractivity contribution in [1.82, 2.24) is 0 Å². The highest BCUT2D eigenvalue weighted by atomic mass is 17.2. The van der Waals surface area contributed by atoms with Gasteiger partial charge in [0.1, 0.15) is 48.4 Å². The SMILES string of the molecule is NCCO[C@@H]1O[C@H]2[C@@H](O[C@@H](CCO)CC[C@@H]2OC(=O)CC(=O)O)[C@H](O)[C@H]1OOc1ccc2c(c1)[C@H]1Oc3cc4c(cc3[C@H]1CO2)OCO4. The molecule has 16 nitrogen and oxygen atoms in total. The van der Waals surface area contributed by atoms with Crippen LogP contribution in [0.2, 0.25) is 0 Å². The molecule has 2 fully saturated rings. The molecule has 48 heavy (non-hydrogen) atoms. The van der Waals surface area contributed by atoms with Crippen LogP contribution in [0, 0.1) is 0 Å². The molecule has 0 spiro atoms. The average molecular weight is 676 g/mol. The minimum atomic E-state index is -1.43. The summed E-state index contributed by atoms with van der Waals surface area (Å²) in [6, 6.07) is 8.83. The van der Waals surface area contributed by atoms with Crippen LogP contribution in [-0.4, -0.2) is 103 Å². The smallest absolute Gasteiger partial charge is 0.317 e. The molecular weight excluding hydrogens is 638 g/mol. The quantitative estimate of drug-likeness (QED) is 0.114. The molecule has 5 aliphatic heterocycles. The summed E-state index contributed by atoms with van der Waals surface area (Å²) < 4.78 is 47.1. The number of aliphatic carboxylic acids is 1. The Balaban J connectivity index is 1.09. The van der Waals surface area contributed by atoms with E-state index in [1.807, 2.05) is 12.1 Å². The van der Waals surface area contributed by atoms with Gasteiger partial charge in [0.05, 0.1) is 25.2 Å². The Kier molecular flexibility index (Phi) is 9.46. The summed E-state index contributed by atoms with van der Waals surface area (Å²) in [4.78, 5) is 35.0. The van der Waals surface area contributed by atoms with Gasteiger partial charge in [-0.2, -0.15) is 4.89 Å². The molecule has 5 heterocycles. The fourth-order valence-electron chi connectivity index (χ4n) is 6.74. The van der Waals surface area contributed by atoms with Gasteiger partial charge in [-0.3, -0.25) is 9.59 Å². The summed E-state index contributed by atoms with van der Waals surface area (Å²) in [7, 11) is 0. The molecule has 0 aliphatic carbocycles. The Hall–Kier alpha value is -3.90. The van der Waals surface area contributed by atoms with E-state index in [-0.39, 0.29) is 57.2 Å². The molecule has 5 aliphatic rings. The van der Waals surface area contributed by atoms with Gasteiger partial charge in [-0.05, 0) is 43.5 Å². The predicted octanol–water partition coefficient (Wildman–Crippen LogP) is 1.08. The van der Waals surface area contributed by atoms with E-state index >= 15 is 0 Å². The number of ether oxygens (including phenoxy) is 8. The fourth-order valence-corrected chi connectivity index (χ4v) is 6.74. The van der Waals surface area contributed by atoms with Crippen molar-refractivity contribution in [2.24, 2.45) is 5.73 Å². The minimum absolute atomic E-state index is 0.0305. The highest BCUT2D eigenvalue weighted by Crippen LogP contribution is 2.54. The van der Waals surface area contributed by atoms with Crippen LogP contribution in [0.1, 0.15) is 48.8 Å². The van der Waals surface area contributed by atoms with Crippen molar-refractivity contribution >= 4 is 11.9 Å². The summed E-state index contributed by atoms with van der Waals surface area (Å²) in [5.41, 5.74) is 7.36. The van der Waals surface area contributed by atoms with Crippen molar-refractivity contribution in [3.8, 4) is 28.7 Å². The Morgan fingerprint density at radius 2 is 1.79 bits per heavy atom. The number of rotatable bonds is 11. The van der Waals surface area contributed by atoms with E-state index < -0.39 is 61.3 Å². The molecule has 9 atom stereocenters. The number of carbonyl (C=O) groups is 2. The van der Waals surface area contributed by atoms with Crippen LogP contribution in [0.3, 0.4) is 0 Å². The zero-order chi connectivity index (χ0) is 33.4. The molecule has 260 valence electrons. The molecular formula is C32H37NO15. The van der Waals surface area contributed by atoms with Crippen LogP contribution >= 0.6 is 0 Å². The van der Waals surface area contributed by atoms with Crippen molar-refractivity contribution < 1.29 is 72.6 Å². The average Bonchev–Trinajstić information content (AvgIpc) is 3.63. The number of carbonyl (C=O) groups excluding carboxylic acids is 1. The summed E-state index contributed by atoms with van der Waals surface area (Å²) in [5.74, 6) is 0.431. The van der Waals surface area contributed by atoms with Crippen LogP contribution < -0.4 is 29.6 Å². The first-order valence-corrected chi connectivity index (χ1v) is 15.9. The molecule has 0 unspecified atom stereocenters. The second kappa shape index (κ2) is 13.9. The van der Waals surface area contributed by atoms with Crippen LogP contribution in [0.25, 0.3) is 0 Å². The lowest BCUT2D eigenvalue weighted by Crippen LogP contribution is -2.63. The summed E-state index contributed by atoms with van der Waals surface area (Å²) >= 11 is 0. The monoisotopic (exact) mass is 675 g/mol. The van der Waals surface area contributed by atoms with Crippen LogP contribution in [0.15, 0.2) is 30.3 Å². The van der Waals surface area contributed by atoms with Crippen molar-refractivity contribution in [1.29, 1.82) is 0 Å². The largest absolute Gasteiger partial charge is 0.492 e. The molecule has 0 aromatic heterocycles. The second-order valence-electron chi connectivity index (χ2n) is 12.1. The lowest BCUT2D eigenvalue weighted by Gasteiger charge is -2.44. The molecule has 7 rings (SSSR count). The maximum absolute atomic E-state index is 12.3. The first-order valence-electron chi connectivity index (χ1n) is 15.9. The third-order valence-electron chi connectivity index (χ3n) is 8.96. The molecule has 2 saturated heterocycles. The lowest BCUT2D eigenvalue weighted by atomic mass is 9.89. The van der Waals surface area contributed by atoms with Gasteiger partial charge < -0.3 is 63.8 Å². The number of fused-ring (bicyclic) bond motifs is 7. The maximum Gasteiger partial charge on any atom is 0.317 e. The molecule has 0 radical (unpaired) electrons. The van der Waals surface area contributed by atoms with Gasteiger partial charge in [-0.1, -0.05) is 0 Å². The summed E-state index contributed by atoms with van der Waals surface area (Å²) in [6.07, 6.45) is -8.01. The number of carboxylic acid groups (broad SMARTS) is 1. The van der Waals surface area contributed by atoms with Gasteiger partial charge >= 0.3 is 11.9 Å². The summed E-state index contributed by atoms with van der Waals surface area (Å²) in [5, 5.41) is 30.3. The van der Waals surface area contributed by atoms with Crippen LogP contribution in [0.4, 0.5) is 0 Å². The molecule has 2 aromatic rings. The third kappa shape index (κ3) is 6.44. The Morgan fingerprint density at radius 3 is 2.58 bits per heavy atom. The zero-order valence-corrected chi connectivity index (χ0v) is 25.8. The zero-order valence-electron chi connectivity index (χ0n) is 25.8. The number of aliphatic hydroxyl groups excluding tert-OH is 2. The number of nitrogens with two attached hydrogens (primary N) is 1. The normalized spacial score (nSPS) is 31.2. The molecule has 0 amide bonds. The first kappa shape index (κ1) is 32.6. The van der Waals surface area contributed by atoms with E-state index in [0.29, 0.717) is 36.0 Å². The van der Waals surface area contributed by atoms with E-state index in [1.165, 1.54) is 0 Å². The minimum Gasteiger partial charge on any atom is -0.492 e. The molecule has 0 bridgehead atoms. The number of aliphatic hydroxyl groups is 2. The van der Waals surface area contributed by atoms with E-state index in [2.05, 4.69) is 0 Å². The van der Waals surface area contributed by atoms with Gasteiger partial charge in [0.2, 0.25) is 6.79 Å². The number of carboxylic acids is 1. The molecule has 2 aromatic carbocycles. The Labute approximate surface area is 274 Å². The lowest BCUT2D eigenvalue weighted by molar-refractivity contribution is -0.379. The van der Waals surface area contributed by atoms with Gasteiger partial charge in [0.15, 0.2) is 29.6 Å². The molecule has 0 saturated carbocycles. The van der Waals surface area contributed by atoms with Crippen molar-refractivity contribution in [2.45, 2.75) is 80.6 Å². The first-order chi connectivity index (χ1) is 23.3. The van der Waals surface area contributed by atoms with Gasteiger partial charge in [0.25, 0.3) is 0 Å². The second-order valence-corrected chi connectivity index (χ2v) is 12.1. The number of hydrogen-bond acceptors (Lipinski definition) is 15. The van der Waals surface area contributed by atoms with E-state index in [1.54, 1.807) is 18.2 Å². The van der Waals surface area contributed by atoms with Crippen LogP contribution in [-0.2, 0) is 33.4 Å². The molecule has 5 N–H and O–H groups in total. The highest BCUT2D eigenvalue weighted by Gasteiger charge is 2.54. The number of hydrogen-bond donors (Lipinski definition) is 4. The van der Waals surface area contributed by atoms with E-state index in [0.717, 1.165) is 11.1 Å². The molecule has 16 heteroatoms. The van der Waals surface area contributed by atoms with Crippen molar-refractivity contribution in [2.75, 3.05) is 33.2 Å². The Morgan fingerprint density at radius 1 is 0.958 bits per heavy atom. The summed E-state index contributed by atoms with van der Waals surface area (Å²) in [6.45, 7) is 0.530. The highest BCUT2D eigenvalue weighted by molar-refractivity contribution is 5.90. The van der Waals surface area contributed by atoms with Crippen LogP contribution in [0.5, 0.6) is 28.7 Å². The van der Waals surface area contributed by atoms with Crippen molar-refractivity contribution in [3.63, 3.8) is 0 Å². The maximum atomic E-state index is 12.3. The number of benzene rings is 2. The van der Waals surface area contributed by atoms with Gasteiger partial charge in [-0.15, -0.1) is 0 Å². The topological polar surface area (TPSA) is 213 Å². The third-order valence-corrected chi connectivity index (χ3v) is 8.96. The van der Waals surface area contributed by atoms with Crippen molar-refractivity contribution in [3.05, 3.63) is 41.5 Å². The fraction of sp³-hybridized carbons (Fsp3) is 0.562. The van der Waals surface area contributed by atoms with E-state index in [4.69, 9.17) is 58.5 Å². The standard InChI is InChI=1S/C32H37NO15/c33-6-8-39-32-31(27(38)30-29(46-32)21(44-26(37)12-25(35)36)4-1-15(43-30)5-7-34)48-47-16-2-3-20-18(9-16)28-19(13-40-20)17-10-23-24(42-14-41-23)11-22(17)45-28/h2-3,9-11,15,19,21,27-32,34,38H,1,4-8,12-14,33H2,(H,35,36)/t15-,19-,21+,27+,28-,29-,30+,31-,32-/m1/s1.